The Hall–Kier alpha value is -2.04. The van der Waals surface area contributed by atoms with E-state index in [1.165, 1.54) is 0 Å². The summed E-state index contributed by atoms with van der Waals surface area (Å²) >= 11 is 0. The molecular weight excluding hydrogens is 204 g/mol. The van der Waals surface area contributed by atoms with Crippen LogP contribution in [-0.4, -0.2) is 22.1 Å². The van der Waals surface area contributed by atoms with Gasteiger partial charge in [-0.2, -0.15) is 0 Å². The highest BCUT2D eigenvalue weighted by Crippen LogP contribution is 2.25. The van der Waals surface area contributed by atoms with Crippen LogP contribution in [0.2, 0.25) is 0 Å². The maximum Gasteiger partial charge on any atom is 0.169 e. The number of aromatic nitrogens is 3. The number of nitrogens with zero attached hydrogens (tertiary/aromatic N) is 3. The van der Waals surface area contributed by atoms with Gasteiger partial charge < -0.3 is 10.5 Å². The number of methoxy groups -OCH3 is 1. The van der Waals surface area contributed by atoms with Gasteiger partial charge in [-0.15, -0.1) is 5.10 Å². The molecule has 0 fully saturated rings. The van der Waals surface area contributed by atoms with Crippen LogP contribution in [0.4, 0.5) is 5.82 Å². The van der Waals surface area contributed by atoms with Gasteiger partial charge in [0.15, 0.2) is 5.82 Å². The average Bonchev–Trinajstić information content (AvgIpc) is 2.60. The number of hydrogen-bond donors (Lipinski definition) is 1. The lowest BCUT2D eigenvalue weighted by Crippen LogP contribution is -2.02. The van der Waals surface area contributed by atoms with Gasteiger partial charge in [0.05, 0.1) is 12.8 Å². The van der Waals surface area contributed by atoms with Gasteiger partial charge in [-0.3, -0.25) is 0 Å². The summed E-state index contributed by atoms with van der Waals surface area (Å²) in [6.45, 7) is 3.88. The second kappa shape index (κ2) is 3.84. The number of nitrogens with two attached hydrogens (primary N) is 1. The first kappa shape index (κ1) is 10.5. The lowest BCUT2D eigenvalue weighted by Gasteiger charge is -2.09. The number of ether oxygens (including phenoxy) is 1. The monoisotopic (exact) mass is 218 g/mol. The largest absolute Gasteiger partial charge is 0.494 e. The highest BCUT2D eigenvalue weighted by molar-refractivity contribution is 5.51. The van der Waals surface area contributed by atoms with E-state index < -0.39 is 0 Å². The maximum atomic E-state index is 5.67. The third-order valence-corrected chi connectivity index (χ3v) is 2.49. The number of rotatable bonds is 2. The topological polar surface area (TPSA) is 66.0 Å². The van der Waals surface area contributed by atoms with Crippen LogP contribution in [0.1, 0.15) is 11.3 Å². The van der Waals surface area contributed by atoms with Gasteiger partial charge in [0.1, 0.15) is 11.4 Å². The van der Waals surface area contributed by atoms with E-state index in [0.717, 1.165) is 22.7 Å². The Balaban J connectivity index is 2.62. The van der Waals surface area contributed by atoms with Gasteiger partial charge in [0.2, 0.25) is 0 Å². The Labute approximate surface area is 93.8 Å². The Kier molecular flexibility index (Phi) is 2.52. The van der Waals surface area contributed by atoms with E-state index in [2.05, 4.69) is 10.3 Å². The molecule has 0 aliphatic carbocycles. The third-order valence-electron chi connectivity index (χ3n) is 2.49. The Morgan fingerprint density at radius 2 is 2.06 bits per heavy atom. The van der Waals surface area contributed by atoms with Gasteiger partial charge in [0, 0.05) is 0 Å². The van der Waals surface area contributed by atoms with Crippen LogP contribution in [0.5, 0.6) is 5.75 Å². The molecule has 1 aromatic heterocycles. The van der Waals surface area contributed by atoms with Crippen molar-refractivity contribution in [3.63, 3.8) is 0 Å². The lowest BCUT2D eigenvalue weighted by molar-refractivity contribution is 0.411. The lowest BCUT2D eigenvalue weighted by atomic mass is 10.2. The molecule has 2 N–H and O–H groups in total. The highest BCUT2D eigenvalue weighted by atomic mass is 16.5. The summed E-state index contributed by atoms with van der Waals surface area (Å²) in [5.41, 5.74) is 8.46. The summed E-state index contributed by atoms with van der Waals surface area (Å²) in [4.78, 5) is 0. The Morgan fingerprint density at radius 3 is 2.62 bits per heavy atom. The van der Waals surface area contributed by atoms with Crippen LogP contribution in [0.25, 0.3) is 5.69 Å². The van der Waals surface area contributed by atoms with Gasteiger partial charge >= 0.3 is 0 Å². The maximum absolute atomic E-state index is 5.67. The number of anilines is 1. The average molecular weight is 218 g/mol. The van der Waals surface area contributed by atoms with E-state index in [1.807, 2.05) is 32.0 Å². The third kappa shape index (κ3) is 1.60. The fraction of sp³-hybridized carbons (Fsp3) is 0.273. The minimum Gasteiger partial charge on any atom is -0.494 e. The molecule has 5 heteroatoms. The van der Waals surface area contributed by atoms with E-state index in [4.69, 9.17) is 10.5 Å². The molecule has 1 aromatic carbocycles. The molecule has 0 spiro atoms. The highest BCUT2D eigenvalue weighted by Gasteiger charge is 2.11. The molecule has 0 bridgehead atoms. The van der Waals surface area contributed by atoms with E-state index in [-0.39, 0.29) is 0 Å². The number of hydrogen-bond acceptors (Lipinski definition) is 4. The summed E-state index contributed by atoms with van der Waals surface area (Å²) in [7, 11) is 1.63. The molecule has 0 atom stereocenters. The predicted molar refractivity (Wildman–Crippen MR) is 61.8 cm³/mol. The molecular formula is C11H14N4O. The quantitative estimate of drug-likeness (QED) is 0.829. The minimum absolute atomic E-state index is 0.434. The second-order valence-corrected chi connectivity index (χ2v) is 3.65. The molecule has 2 aromatic rings. The molecule has 2 rings (SSSR count). The summed E-state index contributed by atoms with van der Waals surface area (Å²) in [5, 5.41) is 7.83. The summed E-state index contributed by atoms with van der Waals surface area (Å²) in [6, 6.07) is 5.87. The molecule has 16 heavy (non-hydrogen) atoms. The molecule has 1 heterocycles. The summed E-state index contributed by atoms with van der Waals surface area (Å²) in [6.07, 6.45) is 0. The Morgan fingerprint density at radius 1 is 1.31 bits per heavy atom. The van der Waals surface area contributed by atoms with Gasteiger partial charge in [-0.05, 0) is 31.5 Å². The van der Waals surface area contributed by atoms with Crippen LogP contribution in [0.3, 0.4) is 0 Å². The molecule has 5 nitrogen and oxygen atoms in total. The SMILES string of the molecule is COc1ccc(C)cc1-n1nnc(N)c1C. The van der Waals surface area contributed by atoms with Crippen LogP contribution < -0.4 is 10.5 Å². The molecule has 0 aliphatic heterocycles. The Bertz CT molecular complexity index is 519. The number of nitrogen functional groups attached to an aromatic ring is 1. The van der Waals surface area contributed by atoms with Crippen molar-refractivity contribution in [2.75, 3.05) is 12.8 Å². The fourth-order valence-corrected chi connectivity index (χ4v) is 1.54. The first-order valence-corrected chi connectivity index (χ1v) is 4.96. The zero-order valence-electron chi connectivity index (χ0n) is 9.56. The van der Waals surface area contributed by atoms with E-state index in [1.54, 1.807) is 11.8 Å². The first-order chi connectivity index (χ1) is 7.63. The van der Waals surface area contributed by atoms with Crippen molar-refractivity contribution < 1.29 is 4.74 Å². The summed E-state index contributed by atoms with van der Waals surface area (Å²) < 4.78 is 6.97. The predicted octanol–water partition coefficient (Wildman–Crippen LogP) is 1.47. The molecule has 0 radical (unpaired) electrons. The van der Waals surface area contributed by atoms with Gasteiger partial charge in [-0.1, -0.05) is 11.3 Å². The molecule has 0 unspecified atom stereocenters. The smallest absolute Gasteiger partial charge is 0.169 e. The van der Waals surface area contributed by atoms with Crippen molar-refractivity contribution in [1.82, 2.24) is 15.0 Å². The normalized spacial score (nSPS) is 10.4. The fourth-order valence-electron chi connectivity index (χ4n) is 1.54. The van der Waals surface area contributed by atoms with Crippen LogP contribution in [0.15, 0.2) is 18.2 Å². The molecule has 0 saturated heterocycles. The van der Waals surface area contributed by atoms with E-state index in [9.17, 15) is 0 Å². The van der Waals surface area contributed by atoms with Gasteiger partial charge in [-0.25, -0.2) is 4.68 Å². The zero-order chi connectivity index (χ0) is 11.7. The number of aryl methyl sites for hydroxylation is 1. The van der Waals surface area contributed by atoms with Crippen molar-refractivity contribution in [2.45, 2.75) is 13.8 Å². The van der Waals surface area contributed by atoms with Gasteiger partial charge in [0.25, 0.3) is 0 Å². The summed E-state index contributed by atoms with van der Waals surface area (Å²) in [5.74, 6) is 1.18. The van der Waals surface area contributed by atoms with E-state index in [0.29, 0.717) is 5.82 Å². The van der Waals surface area contributed by atoms with Crippen molar-refractivity contribution in [1.29, 1.82) is 0 Å². The first-order valence-electron chi connectivity index (χ1n) is 4.96. The van der Waals surface area contributed by atoms with Crippen molar-refractivity contribution in [3.8, 4) is 11.4 Å². The molecule has 84 valence electrons. The minimum atomic E-state index is 0.434. The standard InChI is InChI=1S/C11H14N4O/c1-7-4-5-10(16-3)9(6-7)15-8(2)11(12)13-14-15/h4-6H,12H2,1-3H3. The van der Waals surface area contributed by atoms with Crippen molar-refractivity contribution in [3.05, 3.63) is 29.5 Å². The molecule has 0 amide bonds. The van der Waals surface area contributed by atoms with Crippen LogP contribution in [0, 0.1) is 13.8 Å². The number of benzene rings is 1. The van der Waals surface area contributed by atoms with Crippen molar-refractivity contribution >= 4 is 5.82 Å². The second-order valence-electron chi connectivity index (χ2n) is 3.65. The van der Waals surface area contributed by atoms with Crippen LogP contribution >= 0.6 is 0 Å². The van der Waals surface area contributed by atoms with E-state index >= 15 is 0 Å². The zero-order valence-corrected chi connectivity index (χ0v) is 9.56. The van der Waals surface area contributed by atoms with Crippen molar-refractivity contribution in [2.24, 2.45) is 0 Å². The molecule has 0 aliphatic rings. The van der Waals surface area contributed by atoms with Crippen LogP contribution in [-0.2, 0) is 0 Å². The molecule has 0 saturated carbocycles.